The highest BCUT2D eigenvalue weighted by atomic mass is 15.1. The predicted octanol–water partition coefficient (Wildman–Crippen LogP) is 3.69. The van der Waals surface area contributed by atoms with Crippen LogP contribution in [0.2, 0.25) is 0 Å². The fraction of sp³-hybridized carbons (Fsp3) is 0.875. The molecule has 0 atom stereocenters. The SMILES string of the molecule is C=CCN(CCC)CCCCCCNCC(C)C. The minimum absolute atomic E-state index is 0.770. The van der Waals surface area contributed by atoms with E-state index in [-0.39, 0.29) is 0 Å². The second kappa shape index (κ2) is 13.1. The molecule has 0 saturated carbocycles. The highest BCUT2D eigenvalue weighted by Gasteiger charge is 2.00. The highest BCUT2D eigenvalue weighted by Crippen LogP contribution is 2.02. The lowest BCUT2D eigenvalue weighted by molar-refractivity contribution is 0.294. The first-order chi connectivity index (χ1) is 8.70. The first kappa shape index (κ1) is 17.7. The van der Waals surface area contributed by atoms with Gasteiger partial charge in [0.2, 0.25) is 0 Å². The molecule has 0 aliphatic rings. The van der Waals surface area contributed by atoms with Gasteiger partial charge in [-0.25, -0.2) is 0 Å². The van der Waals surface area contributed by atoms with Crippen molar-refractivity contribution >= 4 is 0 Å². The summed E-state index contributed by atoms with van der Waals surface area (Å²) in [7, 11) is 0. The van der Waals surface area contributed by atoms with E-state index in [2.05, 4.69) is 37.6 Å². The number of nitrogens with zero attached hydrogens (tertiary/aromatic N) is 1. The highest BCUT2D eigenvalue weighted by molar-refractivity contribution is 4.73. The maximum Gasteiger partial charge on any atom is 0.0160 e. The minimum atomic E-state index is 0.770. The molecule has 0 amide bonds. The Bertz CT molecular complexity index is 178. The molecule has 108 valence electrons. The molecule has 2 nitrogen and oxygen atoms in total. The largest absolute Gasteiger partial charge is 0.316 e. The predicted molar refractivity (Wildman–Crippen MR) is 83.1 cm³/mol. The Morgan fingerprint density at radius 2 is 1.83 bits per heavy atom. The Hall–Kier alpha value is -0.340. The van der Waals surface area contributed by atoms with Crippen molar-refractivity contribution in [3.05, 3.63) is 12.7 Å². The van der Waals surface area contributed by atoms with Crippen molar-refractivity contribution in [2.24, 2.45) is 5.92 Å². The standard InChI is InChI=1S/C16H34N2/c1-5-12-18(13-6-2)14-10-8-7-9-11-17-15-16(3)4/h5,16-17H,1,6-15H2,2-4H3. The number of rotatable bonds is 13. The molecule has 0 aromatic heterocycles. The van der Waals surface area contributed by atoms with Crippen LogP contribution in [0, 0.1) is 5.92 Å². The van der Waals surface area contributed by atoms with Gasteiger partial charge in [-0.3, -0.25) is 4.90 Å². The summed E-state index contributed by atoms with van der Waals surface area (Å²) in [6.45, 7) is 16.4. The van der Waals surface area contributed by atoms with Crippen LogP contribution >= 0.6 is 0 Å². The van der Waals surface area contributed by atoms with E-state index in [0.717, 1.165) is 19.0 Å². The maximum atomic E-state index is 3.83. The van der Waals surface area contributed by atoms with Gasteiger partial charge in [0.25, 0.3) is 0 Å². The second-order valence-electron chi connectivity index (χ2n) is 5.60. The summed E-state index contributed by atoms with van der Waals surface area (Å²) < 4.78 is 0. The molecule has 0 unspecified atom stereocenters. The minimum Gasteiger partial charge on any atom is -0.316 e. The summed E-state index contributed by atoms with van der Waals surface area (Å²) in [6.07, 6.45) is 8.64. The van der Waals surface area contributed by atoms with Gasteiger partial charge in [0.1, 0.15) is 0 Å². The molecule has 0 aliphatic carbocycles. The van der Waals surface area contributed by atoms with Crippen LogP contribution in [-0.4, -0.2) is 37.6 Å². The molecule has 0 heterocycles. The molecule has 0 rings (SSSR count). The van der Waals surface area contributed by atoms with Crippen LogP contribution in [0.25, 0.3) is 0 Å². The van der Waals surface area contributed by atoms with Gasteiger partial charge in [-0.05, 0) is 51.4 Å². The van der Waals surface area contributed by atoms with E-state index in [1.807, 2.05) is 6.08 Å². The molecule has 1 N–H and O–H groups in total. The van der Waals surface area contributed by atoms with Crippen molar-refractivity contribution in [2.45, 2.75) is 52.9 Å². The first-order valence-electron chi connectivity index (χ1n) is 7.74. The fourth-order valence-electron chi connectivity index (χ4n) is 2.12. The Morgan fingerprint density at radius 1 is 1.11 bits per heavy atom. The average Bonchev–Trinajstić information content (AvgIpc) is 2.32. The third-order valence-electron chi connectivity index (χ3n) is 3.06. The van der Waals surface area contributed by atoms with Crippen molar-refractivity contribution in [3.63, 3.8) is 0 Å². The zero-order valence-electron chi connectivity index (χ0n) is 12.9. The second-order valence-corrected chi connectivity index (χ2v) is 5.60. The molecule has 0 aliphatic heterocycles. The van der Waals surface area contributed by atoms with E-state index in [0.29, 0.717) is 0 Å². The van der Waals surface area contributed by atoms with E-state index in [1.54, 1.807) is 0 Å². The molecule has 0 spiro atoms. The quantitative estimate of drug-likeness (QED) is 0.398. The third kappa shape index (κ3) is 12.1. The van der Waals surface area contributed by atoms with Gasteiger partial charge in [0.15, 0.2) is 0 Å². The van der Waals surface area contributed by atoms with Crippen molar-refractivity contribution in [3.8, 4) is 0 Å². The molecule has 0 saturated heterocycles. The van der Waals surface area contributed by atoms with Crippen molar-refractivity contribution in [1.82, 2.24) is 10.2 Å². The lowest BCUT2D eigenvalue weighted by atomic mass is 10.1. The van der Waals surface area contributed by atoms with E-state index in [9.17, 15) is 0 Å². The summed E-state index contributed by atoms with van der Waals surface area (Å²) >= 11 is 0. The van der Waals surface area contributed by atoms with Crippen molar-refractivity contribution < 1.29 is 0 Å². The topological polar surface area (TPSA) is 15.3 Å². The zero-order chi connectivity index (χ0) is 13.6. The summed E-state index contributed by atoms with van der Waals surface area (Å²) in [4.78, 5) is 2.50. The molecule has 0 bridgehead atoms. The zero-order valence-corrected chi connectivity index (χ0v) is 12.9. The lowest BCUT2D eigenvalue weighted by Crippen LogP contribution is -2.25. The number of nitrogens with one attached hydrogen (secondary N) is 1. The number of hydrogen-bond acceptors (Lipinski definition) is 2. The number of unbranched alkanes of at least 4 members (excludes halogenated alkanes) is 3. The van der Waals surface area contributed by atoms with Crippen LogP contribution in [0.1, 0.15) is 52.9 Å². The van der Waals surface area contributed by atoms with Gasteiger partial charge in [-0.1, -0.05) is 39.7 Å². The summed E-state index contributed by atoms with van der Waals surface area (Å²) in [5.41, 5.74) is 0. The Labute approximate surface area is 115 Å². The molecule has 0 aromatic rings. The summed E-state index contributed by atoms with van der Waals surface area (Å²) in [5.74, 6) is 0.770. The van der Waals surface area contributed by atoms with Gasteiger partial charge in [-0.15, -0.1) is 6.58 Å². The normalized spacial score (nSPS) is 11.4. The van der Waals surface area contributed by atoms with Crippen LogP contribution in [0.15, 0.2) is 12.7 Å². The van der Waals surface area contributed by atoms with E-state index >= 15 is 0 Å². The van der Waals surface area contributed by atoms with E-state index < -0.39 is 0 Å². The molecular weight excluding hydrogens is 220 g/mol. The first-order valence-corrected chi connectivity index (χ1v) is 7.74. The summed E-state index contributed by atoms with van der Waals surface area (Å²) in [6, 6.07) is 0. The van der Waals surface area contributed by atoms with E-state index in [1.165, 1.54) is 51.7 Å². The molecule has 0 fully saturated rings. The average molecular weight is 254 g/mol. The number of hydrogen-bond donors (Lipinski definition) is 1. The Kier molecular flexibility index (Phi) is 12.9. The molecule has 18 heavy (non-hydrogen) atoms. The lowest BCUT2D eigenvalue weighted by Gasteiger charge is -2.19. The Morgan fingerprint density at radius 3 is 2.44 bits per heavy atom. The fourth-order valence-corrected chi connectivity index (χ4v) is 2.12. The smallest absolute Gasteiger partial charge is 0.0160 e. The van der Waals surface area contributed by atoms with Gasteiger partial charge in [0, 0.05) is 6.54 Å². The molecule has 0 radical (unpaired) electrons. The molecular formula is C16H34N2. The Balaban J connectivity index is 3.29. The van der Waals surface area contributed by atoms with Gasteiger partial charge in [0.05, 0.1) is 0 Å². The van der Waals surface area contributed by atoms with Gasteiger partial charge in [-0.2, -0.15) is 0 Å². The van der Waals surface area contributed by atoms with Gasteiger partial charge < -0.3 is 5.32 Å². The maximum absolute atomic E-state index is 3.83. The van der Waals surface area contributed by atoms with Gasteiger partial charge >= 0.3 is 0 Å². The van der Waals surface area contributed by atoms with Crippen LogP contribution in [0.3, 0.4) is 0 Å². The monoisotopic (exact) mass is 254 g/mol. The van der Waals surface area contributed by atoms with Crippen LogP contribution in [0.5, 0.6) is 0 Å². The van der Waals surface area contributed by atoms with Crippen LogP contribution in [0.4, 0.5) is 0 Å². The van der Waals surface area contributed by atoms with Crippen molar-refractivity contribution in [2.75, 3.05) is 32.7 Å². The van der Waals surface area contributed by atoms with Crippen LogP contribution < -0.4 is 5.32 Å². The molecule has 2 heteroatoms. The summed E-state index contributed by atoms with van der Waals surface area (Å²) in [5, 5.41) is 3.50. The van der Waals surface area contributed by atoms with Crippen molar-refractivity contribution in [1.29, 1.82) is 0 Å². The van der Waals surface area contributed by atoms with E-state index in [4.69, 9.17) is 0 Å². The molecule has 0 aromatic carbocycles. The third-order valence-corrected chi connectivity index (χ3v) is 3.06. The van der Waals surface area contributed by atoms with Crippen LogP contribution in [-0.2, 0) is 0 Å².